The van der Waals surface area contributed by atoms with Crippen LogP contribution in [-0.2, 0) is 0 Å². The highest BCUT2D eigenvalue weighted by Crippen LogP contribution is 2.48. The fourth-order valence-corrected chi connectivity index (χ4v) is 6.90. The first-order valence-electron chi connectivity index (χ1n) is 14.1. The third-order valence-corrected chi connectivity index (χ3v) is 8.47. The summed E-state index contributed by atoms with van der Waals surface area (Å²) in [6.45, 7) is 0.811. The molecule has 3 nitrogen and oxygen atoms in total. The van der Waals surface area contributed by atoms with E-state index in [1.807, 2.05) is 0 Å². The Morgan fingerprint density at radius 3 is 2.00 bits per heavy atom. The predicted molar refractivity (Wildman–Crippen MR) is 188 cm³/mol. The van der Waals surface area contributed by atoms with E-state index < -0.39 is 0 Å². The van der Waals surface area contributed by atoms with Crippen molar-refractivity contribution in [2.75, 3.05) is 6.54 Å². The van der Waals surface area contributed by atoms with Gasteiger partial charge in [0.1, 0.15) is 5.82 Å². The average molecular weight is 578 g/mol. The number of para-hydroxylation sites is 2. The largest absolute Gasteiger partial charge is 0.368 e. The number of nitrogens with one attached hydrogen (secondary N) is 1. The Labute approximate surface area is 253 Å². The Hall–Kier alpha value is -4.58. The van der Waals surface area contributed by atoms with Gasteiger partial charge in [0, 0.05) is 39.2 Å². The highest BCUT2D eigenvalue weighted by Gasteiger charge is 2.25. The zero-order valence-electron chi connectivity index (χ0n) is 22.7. The lowest BCUT2D eigenvalue weighted by molar-refractivity contribution is 0.923. The van der Waals surface area contributed by atoms with Crippen LogP contribution in [0.15, 0.2) is 133 Å². The Bertz CT molecular complexity index is 2380. The summed E-state index contributed by atoms with van der Waals surface area (Å²) < 4.78 is 4.93. The van der Waals surface area contributed by atoms with E-state index in [2.05, 4.69) is 171 Å². The number of rotatable bonds is 2. The number of dihydropyridines is 1. The molecule has 5 heteroatoms. The van der Waals surface area contributed by atoms with Gasteiger partial charge < -0.3 is 9.88 Å². The van der Waals surface area contributed by atoms with Crippen LogP contribution >= 0.6 is 23.3 Å². The molecule has 0 bridgehead atoms. The molecular weight excluding hydrogens is 551 g/mol. The van der Waals surface area contributed by atoms with Crippen LogP contribution < -0.4 is 5.32 Å². The molecule has 1 aliphatic heterocycles. The summed E-state index contributed by atoms with van der Waals surface area (Å²) in [7, 11) is 0. The first-order chi connectivity index (χ1) is 20.9. The number of benzene rings is 6. The van der Waals surface area contributed by atoms with Crippen molar-refractivity contribution in [3.63, 3.8) is 0 Å². The molecule has 3 heterocycles. The maximum absolute atomic E-state index is 3.67. The molecule has 1 aliphatic rings. The van der Waals surface area contributed by atoms with Crippen molar-refractivity contribution in [3.8, 4) is 5.69 Å². The van der Waals surface area contributed by atoms with Crippen LogP contribution in [0.2, 0.25) is 0 Å². The van der Waals surface area contributed by atoms with Crippen LogP contribution in [0.1, 0.15) is 0 Å². The van der Waals surface area contributed by atoms with Gasteiger partial charge in [-0.1, -0.05) is 103 Å². The van der Waals surface area contributed by atoms with Crippen LogP contribution in [0.3, 0.4) is 0 Å². The van der Waals surface area contributed by atoms with Crippen LogP contribution in [0.25, 0.3) is 76.7 Å². The van der Waals surface area contributed by atoms with Crippen LogP contribution in [-0.4, -0.2) is 15.7 Å². The molecular formula is C37H27N3S2. The van der Waals surface area contributed by atoms with Gasteiger partial charge in [-0.25, -0.2) is 0 Å². The second-order valence-corrected chi connectivity index (χ2v) is 10.6. The quantitative estimate of drug-likeness (QED) is 0.138. The van der Waals surface area contributed by atoms with Crippen molar-refractivity contribution < 1.29 is 0 Å². The van der Waals surface area contributed by atoms with E-state index in [9.17, 15) is 0 Å². The summed E-state index contributed by atoms with van der Waals surface area (Å²) in [5, 5.41) is 13.9. The second-order valence-electron chi connectivity index (χ2n) is 10.6. The molecule has 6 aromatic carbocycles. The molecule has 0 atom stereocenters. The number of fused-ring (bicyclic) bond motifs is 12. The summed E-state index contributed by atoms with van der Waals surface area (Å²) in [6, 6.07) is 42.0. The molecule has 0 amide bonds. The molecule has 202 valence electrons. The van der Waals surface area contributed by atoms with Crippen molar-refractivity contribution in [1.29, 1.82) is 0 Å². The van der Waals surface area contributed by atoms with Gasteiger partial charge in [0.25, 0.3) is 0 Å². The van der Waals surface area contributed by atoms with Gasteiger partial charge in [-0.2, -0.15) is 0 Å². The number of nitrogens with zero attached hydrogens (tertiary/aromatic N) is 2. The van der Waals surface area contributed by atoms with Gasteiger partial charge in [-0.15, -0.1) is 23.3 Å². The second kappa shape index (κ2) is 10.1. The van der Waals surface area contributed by atoms with Crippen molar-refractivity contribution in [3.05, 3.63) is 133 Å². The summed E-state index contributed by atoms with van der Waals surface area (Å²) in [4.78, 5) is 0. The zero-order chi connectivity index (χ0) is 28.2. The molecule has 8 aromatic rings. The first kappa shape index (κ1) is 25.2. The molecule has 42 heavy (non-hydrogen) atoms. The third-order valence-electron chi connectivity index (χ3n) is 8.47. The molecule has 0 unspecified atom stereocenters. The van der Waals surface area contributed by atoms with E-state index in [4.69, 9.17) is 0 Å². The minimum atomic E-state index is 0.811. The lowest BCUT2D eigenvalue weighted by atomic mass is 9.97. The minimum absolute atomic E-state index is 0.811. The fourth-order valence-electron chi connectivity index (χ4n) is 6.90. The van der Waals surface area contributed by atoms with Crippen molar-refractivity contribution in [1.82, 2.24) is 14.5 Å². The number of allylic oxidation sites excluding steroid dienone is 2. The van der Waals surface area contributed by atoms with Gasteiger partial charge in [0.15, 0.2) is 0 Å². The lowest BCUT2D eigenvalue weighted by Crippen LogP contribution is -2.19. The minimum Gasteiger partial charge on any atom is -0.368 e. The normalized spacial score (nSPS) is 13.1. The van der Waals surface area contributed by atoms with E-state index in [-0.39, 0.29) is 0 Å². The van der Waals surface area contributed by atoms with E-state index in [0.29, 0.717) is 0 Å². The molecule has 0 spiro atoms. The Kier molecular flexibility index (Phi) is 6.02. The lowest BCUT2D eigenvalue weighted by Gasteiger charge is -2.17. The third kappa shape index (κ3) is 3.50. The highest BCUT2D eigenvalue weighted by molar-refractivity contribution is 8.59. The van der Waals surface area contributed by atoms with E-state index >= 15 is 0 Å². The molecule has 9 rings (SSSR count). The van der Waals surface area contributed by atoms with Gasteiger partial charge in [0.05, 0.1) is 22.1 Å². The summed E-state index contributed by atoms with van der Waals surface area (Å²) in [5.74, 6) is 1.10. The topological polar surface area (TPSA) is 21.9 Å². The van der Waals surface area contributed by atoms with Gasteiger partial charge >= 0.3 is 0 Å². The van der Waals surface area contributed by atoms with E-state index in [0.717, 1.165) is 12.4 Å². The maximum atomic E-state index is 3.67. The highest BCUT2D eigenvalue weighted by atomic mass is 33.1. The molecule has 0 aliphatic carbocycles. The number of thiol groups is 2. The van der Waals surface area contributed by atoms with Gasteiger partial charge in [-0.3, -0.25) is 4.57 Å². The Morgan fingerprint density at radius 2 is 1.21 bits per heavy atom. The monoisotopic (exact) mass is 577 g/mol. The molecule has 0 saturated heterocycles. The SMILES string of the molecule is C1=CCNC(n2c3ccccc3c3c4ccccc4c4c(c5c6ccccc6ccc5n4-c4ccccc4)c32)=C1.SS. The molecule has 0 radical (unpaired) electrons. The predicted octanol–water partition coefficient (Wildman–Crippen LogP) is 9.92. The molecule has 1 N–H and O–H groups in total. The maximum Gasteiger partial charge on any atom is 0.111 e. The molecule has 0 fully saturated rings. The standard InChI is InChI=1S/C37H25N3.H2S2/c1-2-13-25(14-3-1)39-31-22-21-24-12-4-5-15-26(24)34(31)35-36(39)28-17-7-6-16-27(28)33-29-18-8-9-19-30(29)40(37(33)35)32-20-10-11-23-38-32;1-2/h1-22,38H,23H2;1-2H. The average Bonchev–Trinajstić information content (AvgIpc) is 3.61. The van der Waals surface area contributed by atoms with Crippen molar-refractivity contribution >= 4 is 94.3 Å². The van der Waals surface area contributed by atoms with E-state index in [1.165, 1.54) is 70.8 Å². The van der Waals surface area contributed by atoms with Crippen molar-refractivity contribution in [2.45, 2.75) is 0 Å². The Morgan fingerprint density at radius 1 is 0.524 bits per heavy atom. The van der Waals surface area contributed by atoms with Gasteiger partial charge in [-0.05, 0) is 46.5 Å². The zero-order valence-corrected chi connectivity index (χ0v) is 24.5. The molecule has 0 saturated carbocycles. The van der Waals surface area contributed by atoms with Crippen molar-refractivity contribution in [2.24, 2.45) is 0 Å². The number of aromatic nitrogens is 2. The summed E-state index contributed by atoms with van der Waals surface area (Å²) >= 11 is 6.44. The number of hydrogen-bond acceptors (Lipinski definition) is 3. The number of hydrogen-bond donors (Lipinski definition) is 3. The van der Waals surface area contributed by atoms with Crippen LogP contribution in [0.4, 0.5) is 0 Å². The summed E-state index contributed by atoms with van der Waals surface area (Å²) in [6.07, 6.45) is 6.52. The van der Waals surface area contributed by atoms with E-state index in [1.54, 1.807) is 0 Å². The first-order valence-corrected chi connectivity index (χ1v) is 15.7. The fraction of sp³-hybridized carbons (Fsp3) is 0.0270. The smallest absolute Gasteiger partial charge is 0.111 e. The molecule has 2 aromatic heterocycles. The summed E-state index contributed by atoms with van der Waals surface area (Å²) in [5.41, 5.74) is 6.10. The van der Waals surface area contributed by atoms with Crippen LogP contribution in [0, 0.1) is 0 Å². The van der Waals surface area contributed by atoms with Crippen LogP contribution in [0.5, 0.6) is 0 Å². The Balaban J connectivity index is 0.00000131. The van der Waals surface area contributed by atoms with Gasteiger partial charge in [0.2, 0.25) is 0 Å².